The van der Waals surface area contributed by atoms with Gasteiger partial charge in [0.15, 0.2) is 12.4 Å². The van der Waals surface area contributed by atoms with E-state index >= 15 is 0 Å². The quantitative estimate of drug-likeness (QED) is 0.155. The molecule has 0 aliphatic rings. The lowest BCUT2D eigenvalue weighted by atomic mass is 10.1. The molecule has 0 radical (unpaired) electrons. The Bertz CT molecular complexity index is 1930. The van der Waals surface area contributed by atoms with Gasteiger partial charge in [0, 0.05) is 47.1 Å². The zero-order valence-electron chi connectivity index (χ0n) is 26.3. The zero-order valence-corrected chi connectivity index (χ0v) is 28.5. The van der Waals surface area contributed by atoms with E-state index in [1.54, 1.807) is 66.6 Å². The van der Waals surface area contributed by atoms with Crippen molar-refractivity contribution in [3.05, 3.63) is 108 Å². The summed E-state index contributed by atoms with van der Waals surface area (Å²) >= 11 is 0. The Morgan fingerprint density at radius 1 is 1.04 bits per heavy atom. The highest BCUT2D eigenvalue weighted by atomic mass is 127. The van der Waals surface area contributed by atoms with E-state index in [0.29, 0.717) is 17.1 Å². The Balaban J connectivity index is 0.00000520. The number of ether oxygens (including phenoxy) is 1. The molecule has 2 aromatic carbocycles. The average Bonchev–Trinajstić information content (AvgIpc) is 3.47. The van der Waals surface area contributed by atoms with E-state index in [-0.39, 0.29) is 59.6 Å². The number of carbonyl (C=O) groups excluding carboxylic acids is 2. The van der Waals surface area contributed by atoms with Gasteiger partial charge in [0.05, 0.1) is 28.8 Å². The molecule has 0 aliphatic heterocycles. The van der Waals surface area contributed by atoms with E-state index in [1.165, 1.54) is 17.0 Å². The predicted molar refractivity (Wildman–Crippen MR) is 168 cm³/mol. The molecule has 11 nitrogen and oxygen atoms in total. The van der Waals surface area contributed by atoms with Crippen LogP contribution < -0.4 is 44.5 Å². The van der Waals surface area contributed by atoms with Gasteiger partial charge < -0.3 is 49.2 Å². The fraction of sp³-hybridized carbons (Fsp3) is 0.212. The smallest absolute Gasteiger partial charge is 0.416 e. The van der Waals surface area contributed by atoms with Crippen molar-refractivity contribution in [3.8, 4) is 16.9 Å². The van der Waals surface area contributed by atoms with Crippen LogP contribution in [-0.2, 0) is 17.6 Å². The van der Waals surface area contributed by atoms with Crippen molar-refractivity contribution < 1.29 is 56.0 Å². The number of benzene rings is 2. The number of nitrogens with one attached hydrogen (secondary N) is 3. The van der Waals surface area contributed by atoms with Crippen LogP contribution in [0, 0.1) is 13.8 Å². The van der Waals surface area contributed by atoms with Crippen molar-refractivity contribution in [2.24, 2.45) is 0 Å². The predicted octanol–water partition coefficient (Wildman–Crippen LogP) is 3.34. The number of hydrogen-bond donors (Lipinski definition) is 3. The van der Waals surface area contributed by atoms with Gasteiger partial charge in [-0.3, -0.25) is 4.79 Å². The van der Waals surface area contributed by atoms with Gasteiger partial charge in [-0.1, -0.05) is 6.07 Å². The third-order valence-corrected chi connectivity index (χ3v) is 6.82. The number of aryl methyl sites for hydroxylation is 2. The molecule has 3 N–H and O–H groups in total. The first kappa shape index (κ1) is 35.8. The average molecular weight is 773 g/mol. The second-order valence-electron chi connectivity index (χ2n) is 11.0. The molecule has 0 atom stereocenters. The van der Waals surface area contributed by atoms with Crippen molar-refractivity contribution in [2.45, 2.75) is 46.6 Å². The van der Waals surface area contributed by atoms with Crippen LogP contribution >= 0.6 is 0 Å². The second-order valence-corrected chi connectivity index (χ2v) is 11.0. The first-order valence-electron chi connectivity index (χ1n) is 14.5. The monoisotopic (exact) mass is 772 g/mol. The Hall–Kier alpha value is -5.06. The second kappa shape index (κ2) is 15.2. The van der Waals surface area contributed by atoms with Gasteiger partial charge in [0.1, 0.15) is 0 Å². The lowest BCUT2D eigenvalue weighted by Gasteiger charge is -2.14. The molecule has 2 amide bonds. The molecule has 3 aromatic heterocycles. The number of carbonyl (C=O) groups is 2. The van der Waals surface area contributed by atoms with E-state index in [9.17, 15) is 22.8 Å². The number of rotatable bonds is 9. The lowest BCUT2D eigenvalue weighted by molar-refractivity contribution is -0.726. The molecule has 0 bridgehead atoms. The summed E-state index contributed by atoms with van der Waals surface area (Å²) in [6.45, 7) is 7.23. The number of aromatic nitrogens is 5. The molecule has 250 valence electrons. The summed E-state index contributed by atoms with van der Waals surface area (Å²) < 4.78 is 49.5. The number of anilines is 3. The fourth-order valence-corrected chi connectivity index (χ4v) is 4.52. The molecular weight excluding hydrogens is 740 g/mol. The molecule has 15 heteroatoms. The van der Waals surface area contributed by atoms with Gasteiger partial charge in [-0.15, -0.1) is 0 Å². The highest BCUT2D eigenvalue weighted by Gasteiger charge is 2.31. The maximum atomic E-state index is 13.7. The van der Waals surface area contributed by atoms with E-state index in [0.717, 1.165) is 23.3 Å². The minimum absolute atomic E-state index is 0. The summed E-state index contributed by atoms with van der Waals surface area (Å²) in [6, 6.07) is 13.5. The van der Waals surface area contributed by atoms with Crippen LogP contribution in [0.2, 0.25) is 0 Å². The molecular formula is C33H32F3IN8O3. The minimum atomic E-state index is -4.63. The summed E-state index contributed by atoms with van der Waals surface area (Å²) in [7, 11) is 0. The third-order valence-electron chi connectivity index (χ3n) is 6.82. The Labute approximate surface area is 291 Å². The van der Waals surface area contributed by atoms with Gasteiger partial charge in [-0.2, -0.15) is 17.7 Å². The number of imidazole rings is 1. The van der Waals surface area contributed by atoms with Gasteiger partial charge in [-0.05, 0) is 75.7 Å². The van der Waals surface area contributed by atoms with Crippen LogP contribution in [0.25, 0.3) is 16.9 Å². The molecule has 0 saturated carbocycles. The Morgan fingerprint density at radius 3 is 2.54 bits per heavy atom. The molecule has 0 aliphatic carbocycles. The van der Waals surface area contributed by atoms with Crippen molar-refractivity contribution in [2.75, 3.05) is 10.6 Å². The van der Waals surface area contributed by atoms with Crippen molar-refractivity contribution in [1.29, 1.82) is 0 Å². The van der Waals surface area contributed by atoms with Crippen molar-refractivity contribution in [1.82, 2.24) is 24.8 Å². The van der Waals surface area contributed by atoms with E-state index < -0.39 is 23.7 Å². The fourth-order valence-electron chi connectivity index (χ4n) is 4.52. The number of hydrogen-bond acceptors (Lipinski definition) is 7. The maximum absolute atomic E-state index is 13.7. The number of alkyl halides is 3. The minimum Gasteiger partial charge on any atom is -1.00 e. The van der Waals surface area contributed by atoms with Gasteiger partial charge in [0.2, 0.25) is 5.95 Å². The third kappa shape index (κ3) is 9.27. The van der Waals surface area contributed by atoms with E-state index in [4.69, 9.17) is 4.74 Å². The first-order chi connectivity index (χ1) is 22.3. The topological polar surface area (TPSA) is 127 Å². The molecule has 0 fully saturated rings. The van der Waals surface area contributed by atoms with Crippen LogP contribution in [0.3, 0.4) is 0 Å². The number of halogens is 4. The van der Waals surface area contributed by atoms with Gasteiger partial charge in [0.25, 0.3) is 12.6 Å². The summed E-state index contributed by atoms with van der Waals surface area (Å²) in [5.74, 6) is -0.350. The first-order valence-corrected chi connectivity index (χ1v) is 14.5. The van der Waals surface area contributed by atoms with Crippen LogP contribution in [0.1, 0.15) is 41.0 Å². The molecule has 0 spiro atoms. The van der Waals surface area contributed by atoms with Crippen LogP contribution in [0.15, 0.2) is 85.7 Å². The van der Waals surface area contributed by atoms with Gasteiger partial charge >= 0.3 is 12.3 Å². The summed E-state index contributed by atoms with van der Waals surface area (Å²) in [6.07, 6.45) is 2.95. The summed E-state index contributed by atoms with van der Waals surface area (Å²) in [5.41, 5.74) is 2.74. The molecule has 0 unspecified atom stereocenters. The molecule has 48 heavy (non-hydrogen) atoms. The number of amides is 2. The summed E-state index contributed by atoms with van der Waals surface area (Å²) in [4.78, 5) is 38.1. The SMILES string of the molecule is Cc1cn(-c2cc(NC(=O)c3ccc(C)c(Nc4nccc(-c5ccc[n+](COC(=O)NC(C)C)c5)n4)c3)cc(C(F)(F)F)c2)cn1.[I-]. The zero-order chi connectivity index (χ0) is 33.7. The maximum Gasteiger partial charge on any atom is 0.416 e. The lowest BCUT2D eigenvalue weighted by Crippen LogP contribution is -3.00. The normalized spacial score (nSPS) is 11.1. The van der Waals surface area contributed by atoms with E-state index in [1.807, 2.05) is 26.8 Å². The summed E-state index contributed by atoms with van der Waals surface area (Å²) in [5, 5.41) is 8.38. The van der Waals surface area contributed by atoms with Gasteiger partial charge in [-0.25, -0.2) is 19.7 Å². The molecule has 5 rings (SSSR count). The highest BCUT2D eigenvalue weighted by molar-refractivity contribution is 6.05. The Kier molecular flexibility index (Phi) is 11.4. The highest BCUT2D eigenvalue weighted by Crippen LogP contribution is 2.33. The molecule has 5 aromatic rings. The van der Waals surface area contributed by atoms with Crippen molar-refractivity contribution in [3.63, 3.8) is 0 Å². The van der Waals surface area contributed by atoms with E-state index in [2.05, 4.69) is 30.9 Å². The van der Waals surface area contributed by atoms with Crippen LogP contribution in [-0.4, -0.2) is 37.6 Å². The standard InChI is InChI=1S/C33H31F3N8O3.HI/c1-20(2)39-32(46)47-19-43-11-5-6-24(17-43)28-9-10-37-31(41-28)42-29-12-23(8-7-21(29)3)30(45)40-26-13-25(33(34,35)36)14-27(15-26)44-16-22(4)38-18-44;/h5-18,20H,19H2,1-4H3,(H2-,37,39,40,41,42,45,46);1H. The Morgan fingerprint density at radius 2 is 1.83 bits per heavy atom. The number of nitrogens with zero attached hydrogens (tertiary/aromatic N) is 5. The number of pyridine rings is 1. The largest absolute Gasteiger partial charge is 1.00 e. The van der Waals surface area contributed by atoms with Crippen LogP contribution in [0.4, 0.5) is 35.3 Å². The molecule has 0 saturated heterocycles. The molecule has 3 heterocycles. The number of alkyl carbamates (subject to hydrolysis) is 1. The van der Waals surface area contributed by atoms with Crippen molar-refractivity contribution >= 4 is 29.3 Å². The van der Waals surface area contributed by atoms with Crippen LogP contribution in [0.5, 0.6) is 0 Å².